The van der Waals surface area contributed by atoms with Gasteiger partial charge in [0, 0.05) is 37.8 Å². The molecule has 0 aliphatic carbocycles. The number of carboxylic acid groups (broad SMARTS) is 1. The van der Waals surface area contributed by atoms with Gasteiger partial charge in [-0.1, -0.05) is 0 Å². The number of aromatic carboxylic acids is 1. The highest BCUT2D eigenvalue weighted by Gasteiger charge is 2.16. The molecule has 0 aliphatic rings. The van der Waals surface area contributed by atoms with Gasteiger partial charge < -0.3 is 24.4 Å². The fourth-order valence-corrected chi connectivity index (χ4v) is 2.00. The van der Waals surface area contributed by atoms with E-state index in [1.54, 1.807) is 13.2 Å². The predicted octanol–water partition coefficient (Wildman–Crippen LogP) is 2.06. The van der Waals surface area contributed by atoms with Crippen molar-refractivity contribution in [2.45, 2.75) is 6.42 Å². The third kappa shape index (κ3) is 3.20. The van der Waals surface area contributed by atoms with Crippen molar-refractivity contribution in [1.29, 1.82) is 0 Å². The normalized spacial score (nSPS) is 10.6. The molecule has 0 bridgehead atoms. The number of fused-ring (bicyclic) bond motifs is 1. The number of hydrogen-bond acceptors (Lipinski definition) is 6. The van der Waals surface area contributed by atoms with Crippen LogP contribution in [0.4, 0.5) is 0 Å². The average molecular weight is 307 g/mol. The highest BCUT2D eigenvalue weighted by Crippen LogP contribution is 2.36. The summed E-state index contributed by atoms with van der Waals surface area (Å²) in [4.78, 5) is 15.1. The van der Waals surface area contributed by atoms with Crippen molar-refractivity contribution in [3.8, 4) is 17.2 Å². The summed E-state index contributed by atoms with van der Waals surface area (Å²) in [6.07, 6.45) is 1.83. The third-order valence-corrected chi connectivity index (χ3v) is 3.11. The van der Waals surface area contributed by atoms with E-state index in [9.17, 15) is 9.90 Å². The Morgan fingerprint density at radius 2 is 2.00 bits per heavy atom. The monoisotopic (exact) mass is 307 g/mol. The molecule has 0 atom stereocenters. The number of nitrogens with zero attached hydrogens (tertiary/aromatic N) is 1. The maximum atomic E-state index is 11.0. The van der Waals surface area contributed by atoms with Gasteiger partial charge in [0.2, 0.25) is 0 Å². The minimum absolute atomic E-state index is 0.261. The Morgan fingerprint density at radius 1 is 1.23 bits per heavy atom. The number of methoxy groups -OCH3 is 2. The van der Waals surface area contributed by atoms with Gasteiger partial charge in [0.15, 0.2) is 11.5 Å². The molecule has 1 aromatic heterocycles. The number of carboxylic acids is 1. The van der Waals surface area contributed by atoms with Crippen LogP contribution in [0.25, 0.3) is 10.9 Å². The minimum atomic E-state index is -1.24. The average Bonchev–Trinajstić information content (AvgIpc) is 2.51. The Labute approximate surface area is 127 Å². The lowest BCUT2D eigenvalue weighted by Gasteiger charge is -2.12. The van der Waals surface area contributed by atoms with E-state index < -0.39 is 5.97 Å². The van der Waals surface area contributed by atoms with E-state index in [1.165, 1.54) is 13.2 Å². The first-order valence-corrected chi connectivity index (χ1v) is 6.63. The third-order valence-electron chi connectivity index (χ3n) is 3.11. The van der Waals surface area contributed by atoms with Crippen LogP contribution in [0.5, 0.6) is 17.2 Å². The molecule has 7 heteroatoms. The number of hydrogen-bond donors (Lipinski definition) is 2. The van der Waals surface area contributed by atoms with E-state index in [1.807, 2.05) is 0 Å². The zero-order valence-corrected chi connectivity index (χ0v) is 12.3. The molecule has 0 saturated heterocycles. The van der Waals surface area contributed by atoms with Gasteiger partial charge in [0.25, 0.3) is 0 Å². The lowest BCUT2D eigenvalue weighted by atomic mass is 10.1. The van der Waals surface area contributed by atoms with Crippen molar-refractivity contribution >= 4 is 16.9 Å². The van der Waals surface area contributed by atoms with Gasteiger partial charge in [-0.2, -0.15) is 0 Å². The highest BCUT2D eigenvalue weighted by atomic mass is 16.5. The first kappa shape index (κ1) is 15.8. The Morgan fingerprint density at radius 3 is 2.64 bits per heavy atom. The number of ether oxygens (including phenoxy) is 3. The van der Waals surface area contributed by atoms with Gasteiger partial charge in [-0.15, -0.1) is 0 Å². The van der Waals surface area contributed by atoms with Crippen LogP contribution in [-0.4, -0.2) is 48.6 Å². The van der Waals surface area contributed by atoms with Crippen molar-refractivity contribution in [3.05, 3.63) is 23.9 Å². The molecule has 0 saturated carbocycles. The van der Waals surface area contributed by atoms with Crippen LogP contribution >= 0.6 is 0 Å². The Bertz CT molecular complexity index is 685. The van der Waals surface area contributed by atoms with Crippen LogP contribution in [0, 0.1) is 0 Å². The van der Waals surface area contributed by atoms with Crippen LogP contribution in [0.15, 0.2) is 18.3 Å². The second-order valence-corrected chi connectivity index (χ2v) is 4.54. The van der Waals surface area contributed by atoms with Gasteiger partial charge >= 0.3 is 5.97 Å². The second-order valence-electron chi connectivity index (χ2n) is 4.54. The SMILES string of the molecule is COCCCOc1cc2ncc(C(=O)O)c(O)c2cc1OC. The summed E-state index contributed by atoms with van der Waals surface area (Å²) >= 11 is 0. The van der Waals surface area contributed by atoms with Gasteiger partial charge in [0.1, 0.15) is 11.3 Å². The number of aromatic hydroxyl groups is 1. The standard InChI is InChI=1S/C15H17NO6/c1-20-4-3-5-22-13-7-11-9(6-12(13)21-2)14(17)10(8-16-11)15(18)19/h6-8H,3-5H2,1-2H3,(H,16,17)(H,18,19). The molecule has 0 spiro atoms. The van der Waals surface area contributed by atoms with Crippen LogP contribution in [0.2, 0.25) is 0 Å². The van der Waals surface area contributed by atoms with Gasteiger partial charge in [0.05, 0.1) is 19.2 Å². The first-order chi connectivity index (χ1) is 10.6. The molecule has 0 unspecified atom stereocenters. The molecular formula is C15H17NO6. The highest BCUT2D eigenvalue weighted by molar-refractivity contribution is 5.99. The predicted molar refractivity (Wildman–Crippen MR) is 78.9 cm³/mol. The van der Waals surface area contributed by atoms with Crippen LogP contribution in [-0.2, 0) is 4.74 Å². The lowest BCUT2D eigenvalue weighted by Crippen LogP contribution is -2.03. The summed E-state index contributed by atoms with van der Waals surface area (Å²) in [7, 11) is 3.08. The molecule has 7 nitrogen and oxygen atoms in total. The molecule has 0 aliphatic heterocycles. The number of pyridine rings is 1. The summed E-state index contributed by atoms with van der Waals surface area (Å²) in [5.74, 6) is -0.724. The summed E-state index contributed by atoms with van der Waals surface area (Å²) in [6, 6.07) is 3.11. The first-order valence-electron chi connectivity index (χ1n) is 6.63. The molecule has 0 fully saturated rings. The second kappa shape index (κ2) is 6.95. The minimum Gasteiger partial charge on any atom is -0.506 e. The van der Waals surface area contributed by atoms with Gasteiger partial charge in [-0.3, -0.25) is 4.98 Å². The summed E-state index contributed by atoms with van der Waals surface area (Å²) < 4.78 is 15.8. The lowest BCUT2D eigenvalue weighted by molar-refractivity contribution is 0.0693. The topological polar surface area (TPSA) is 98.1 Å². The van der Waals surface area contributed by atoms with Crippen molar-refractivity contribution in [2.24, 2.45) is 0 Å². The molecule has 118 valence electrons. The van der Waals surface area contributed by atoms with Crippen LogP contribution in [0.3, 0.4) is 0 Å². The van der Waals surface area contributed by atoms with Crippen molar-refractivity contribution in [1.82, 2.24) is 4.98 Å². The molecule has 2 rings (SSSR count). The van der Waals surface area contributed by atoms with E-state index in [-0.39, 0.29) is 11.3 Å². The fourth-order valence-electron chi connectivity index (χ4n) is 2.00. The molecule has 2 aromatic rings. The Balaban J connectivity index is 2.39. The molecular weight excluding hydrogens is 290 g/mol. The number of aromatic nitrogens is 1. The maximum absolute atomic E-state index is 11.0. The van der Waals surface area contributed by atoms with E-state index in [2.05, 4.69) is 4.98 Å². The van der Waals surface area contributed by atoms with E-state index in [4.69, 9.17) is 19.3 Å². The largest absolute Gasteiger partial charge is 0.506 e. The quantitative estimate of drug-likeness (QED) is 0.755. The molecule has 1 aromatic carbocycles. The Kier molecular flexibility index (Phi) is 5.00. The molecule has 0 radical (unpaired) electrons. The zero-order chi connectivity index (χ0) is 16.1. The van der Waals surface area contributed by atoms with Crippen molar-refractivity contribution in [2.75, 3.05) is 27.4 Å². The summed E-state index contributed by atoms with van der Waals surface area (Å²) in [5.41, 5.74) is 0.161. The van der Waals surface area contributed by atoms with Crippen LogP contribution < -0.4 is 9.47 Å². The molecule has 0 amide bonds. The van der Waals surface area contributed by atoms with Gasteiger partial charge in [-0.25, -0.2) is 4.79 Å². The Hall–Kier alpha value is -2.54. The van der Waals surface area contributed by atoms with Crippen molar-refractivity contribution < 1.29 is 29.2 Å². The maximum Gasteiger partial charge on any atom is 0.341 e. The number of rotatable bonds is 7. The molecule has 2 N–H and O–H groups in total. The van der Waals surface area contributed by atoms with Crippen LogP contribution in [0.1, 0.15) is 16.8 Å². The van der Waals surface area contributed by atoms with E-state index >= 15 is 0 Å². The summed E-state index contributed by atoms with van der Waals surface area (Å²) in [6.45, 7) is 1.02. The number of benzene rings is 1. The molecule has 22 heavy (non-hydrogen) atoms. The van der Waals surface area contributed by atoms with Crippen molar-refractivity contribution in [3.63, 3.8) is 0 Å². The fraction of sp³-hybridized carbons (Fsp3) is 0.333. The summed E-state index contributed by atoms with van der Waals surface area (Å²) in [5, 5.41) is 19.3. The molecule has 1 heterocycles. The van der Waals surface area contributed by atoms with Gasteiger partial charge in [-0.05, 0) is 6.07 Å². The van der Waals surface area contributed by atoms with E-state index in [0.717, 1.165) is 6.20 Å². The van der Waals surface area contributed by atoms with E-state index in [0.29, 0.717) is 42.0 Å². The zero-order valence-electron chi connectivity index (χ0n) is 12.3. The number of carbonyl (C=O) groups is 1. The smallest absolute Gasteiger partial charge is 0.341 e.